The molecule has 1 aliphatic rings. The summed E-state index contributed by atoms with van der Waals surface area (Å²) in [6.07, 6.45) is 9.04. The fourth-order valence-electron chi connectivity index (χ4n) is 3.09. The highest BCUT2D eigenvalue weighted by molar-refractivity contribution is 5.21. The first kappa shape index (κ1) is 13.4. The van der Waals surface area contributed by atoms with Crippen molar-refractivity contribution in [3.8, 4) is 0 Å². The van der Waals surface area contributed by atoms with Crippen LogP contribution in [0.2, 0.25) is 0 Å². The zero-order valence-corrected chi connectivity index (χ0v) is 12.3. The second kappa shape index (κ2) is 5.79. The summed E-state index contributed by atoms with van der Waals surface area (Å²) >= 11 is 0. The van der Waals surface area contributed by atoms with Gasteiger partial charge in [0.1, 0.15) is 5.82 Å². The van der Waals surface area contributed by atoms with E-state index in [-0.39, 0.29) is 0 Å². The highest BCUT2D eigenvalue weighted by Crippen LogP contribution is 2.23. The molecule has 0 saturated heterocycles. The Bertz CT molecular complexity index is 555. The molecular weight excluding hydrogens is 250 g/mol. The van der Waals surface area contributed by atoms with Crippen molar-refractivity contribution in [3.05, 3.63) is 35.9 Å². The van der Waals surface area contributed by atoms with E-state index in [1.807, 2.05) is 18.7 Å². The SMILES string of the molecule is CCCc1nc2c(n1C(C)Cn1ccnc1)CCNC2. The van der Waals surface area contributed by atoms with E-state index >= 15 is 0 Å². The summed E-state index contributed by atoms with van der Waals surface area (Å²) in [7, 11) is 0. The predicted octanol–water partition coefficient (Wildman–Crippen LogP) is 1.94. The normalized spacial score (nSPS) is 16.1. The minimum atomic E-state index is 0.417. The van der Waals surface area contributed by atoms with Gasteiger partial charge in [0.25, 0.3) is 0 Å². The molecule has 0 fully saturated rings. The first-order valence-electron chi connectivity index (χ1n) is 7.55. The average molecular weight is 273 g/mol. The molecule has 3 rings (SSSR count). The van der Waals surface area contributed by atoms with Gasteiger partial charge in [0.15, 0.2) is 0 Å². The van der Waals surface area contributed by atoms with Gasteiger partial charge in [0.2, 0.25) is 0 Å². The van der Waals surface area contributed by atoms with Crippen LogP contribution in [0.1, 0.15) is 43.5 Å². The minimum absolute atomic E-state index is 0.417. The molecule has 0 aliphatic carbocycles. The standard InChI is InChI=1S/C15H23N5/c1-3-4-15-18-13-9-16-6-5-14(13)20(15)12(2)10-19-8-7-17-11-19/h7-8,11-12,16H,3-6,9-10H2,1-2H3. The molecule has 1 unspecified atom stereocenters. The second-order valence-corrected chi connectivity index (χ2v) is 5.58. The van der Waals surface area contributed by atoms with Crippen LogP contribution in [0, 0.1) is 0 Å². The summed E-state index contributed by atoms with van der Waals surface area (Å²) < 4.78 is 4.62. The van der Waals surface area contributed by atoms with Crippen molar-refractivity contribution in [3.63, 3.8) is 0 Å². The van der Waals surface area contributed by atoms with E-state index in [0.717, 1.165) is 38.9 Å². The van der Waals surface area contributed by atoms with Crippen molar-refractivity contribution in [2.75, 3.05) is 6.54 Å². The van der Waals surface area contributed by atoms with Gasteiger partial charge < -0.3 is 14.5 Å². The lowest BCUT2D eigenvalue weighted by Crippen LogP contribution is -2.26. The van der Waals surface area contributed by atoms with Crippen LogP contribution < -0.4 is 5.32 Å². The molecule has 0 amide bonds. The van der Waals surface area contributed by atoms with Crippen LogP contribution in [0.5, 0.6) is 0 Å². The van der Waals surface area contributed by atoms with Crippen LogP contribution in [-0.2, 0) is 25.9 Å². The summed E-state index contributed by atoms with van der Waals surface area (Å²) in [4.78, 5) is 9.00. The van der Waals surface area contributed by atoms with Crippen LogP contribution >= 0.6 is 0 Å². The molecule has 0 aromatic carbocycles. The Hall–Kier alpha value is -1.62. The van der Waals surface area contributed by atoms with Crippen LogP contribution in [0.3, 0.4) is 0 Å². The Morgan fingerprint density at radius 2 is 2.35 bits per heavy atom. The third kappa shape index (κ3) is 2.50. The van der Waals surface area contributed by atoms with Gasteiger partial charge in [-0.1, -0.05) is 6.92 Å². The molecule has 5 nitrogen and oxygen atoms in total. The molecule has 1 aliphatic heterocycles. The van der Waals surface area contributed by atoms with Gasteiger partial charge in [0, 0.05) is 50.6 Å². The number of nitrogens with zero attached hydrogens (tertiary/aromatic N) is 4. The minimum Gasteiger partial charge on any atom is -0.335 e. The lowest BCUT2D eigenvalue weighted by molar-refractivity contribution is 0.432. The van der Waals surface area contributed by atoms with E-state index in [2.05, 4.69) is 33.3 Å². The molecule has 20 heavy (non-hydrogen) atoms. The van der Waals surface area contributed by atoms with Gasteiger partial charge in [-0.25, -0.2) is 9.97 Å². The lowest BCUT2D eigenvalue weighted by Gasteiger charge is -2.22. The van der Waals surface area contributed by atoms with Crippen LogP contribution in [0.4, 0.5) is 0 Å². The van der Waals surface area contributed by atoms with Gasteiger partial charge >= 0.3 is 0 Å². The molecule has 0 spiro atoms. The molecular formula is C15H23N5. The highest BCUT2D eigenvalue weighted by atomic mass is 15.2. The lowest BCUT2D eigenvalue weighted by atomic mass is 10.1. The molecule has 1 N–H and O–H groups in total. The van der Waals surface area contributed by atoms with Crippen molar-refractivity contribution in [1.29, 1.82) is 0 Å². The van der Waals surface area contributed by atoms with Crippen molar-refractivity contribution >= 4 is 0 Å². The third-order valence-corrected chi connectivity index (χ3v) is 3.95. The van der Waals surface area contributed by atoms with E-state index in [0.29, 0.717) is 6.04 Å². The number of hydrogen-bond acceptors (Lipinski definition) is 3. The number of aromatic nitrogens is 4. The highest BCUT2D eigenvalue weighted by Gasteiger charge is 2.22. The number of hydrogen-bond donors (Lipinski definition) is 1. The van der Waals surface area contributed by atoms with Crippen LogP contribution in [0.25, 0.3) is 0 Å². The number of fused-ring (bicyclic) bond motifs is 1. The molecule has 3 heterocycles. The number of imidazole rings is 2. The molecule has 1 atom stereocenters. The van der Waals surface area contributed by atoms with E-state index in [1.54, 1.807) is 0 Å². The van der Waals surface area contributed by atoms with Gasteiger partial charge in [-0.05, 0) is 13.3 Å². The van der Waals surface area contributed by atoms with Crippen molar-refractivity contribution < 1.29 is 0 Å². The van der Waals surface area contributed by atoms with E-state index in [9.17, 15) is 0 Å². The van der Waals surface area contributed by atoms with Crippen LogP contribution in [-0.4, -0.2) is 25.6 Å². The van der Waals surface area contributed by atoms with Crippen molar-refractivity contribution in [2.24, 2.45) is 0 Å². The Balaban J connectivity index is 1.91. The quantitative estimate of drug-likeness (QED) is 0.905. The maximum atomic E-state index is 4.87. The van der Waals surface area contributed by atoms with E-state index in [4.69, 9.17) is 4.98 Å². The van der Waals surface area contributed by atoms with Crippen LogP contribution in [0.15, 0.2) is 18.7 Å². The van der Waals surface area contributed by atoms with E-state index < -0.39 is 0 Å². The maximum absolute atomic E-state index is 4.87. The third-order valence-electron chi connectivity index (χ3n) is 3.95. The molecule has 0 saturated carbocycles. The van der Waals surface area contributed by atoms with E-state index in [1.165, 1.54) is 17.2 Å². The van der Waals surface area contributed by atoms with Crippen molar-refractivity contribution in [1.82, 2.24) is 24.4 Å². The Kier molecular flexibility index (Phi) is 3.87. The Labute approximate surface area is 120 Å². The molecule has 5 heteroatoms. The summed E-state index contributed by atoms with van der Waals surface area (Å²) in [6.45, 7) is 7.42. The maximum Gasteiger partial charge on any atom is 0.109 e. The fourth-order valence-corrected chi connectivity index (χ4v) is 3.09. The van der Waals surface area contributed by atoms with Gasteiger partial charge in [-0.2, -0.15) is 0 Å². The van der Waals surface area contributed by atoms with Gasteiger partial charge in [0.05, 0.1) is 18.1 Å². The second-order valence-electron chi connectivity index (χ2n) is 5.58. The summed E-state index contributed by atoms with van der Waals surface area (Å²) in [5.41, 5.74) is 2.68. The first-order valence-corrected chi connectivity index (χ1v) is 7.55. The van der Waals surface area contributed by atoms with Crippen molar-refractivity contribution in [2.45, 2.75) is 52.2 Å². The molecule has 2 aromatic heterocycles. The monoisotopic (exact) mass is 273 g/mol. The fraction of sp³-hybridized carbons (Fsp3) is 0.600. The Morgan fingerprint density at radius 1 is 1.45 bits per heavy atom. The smallest absolute Gasteiger partial charge is 0.109 e. The number of nitrogens with one attached hydrogen (secondary N) is 1. The van der Waals surface area contributed by atoms with Gasteiger partial charge in [-0.15, -0.1) is 0 Å². The zero-order chi connectivity index (χ0) is 13.9. The Morgan fingerprint density at radius 3 is 3.10 bits per heavy atom. The molecule has 0 radical (unpaired) electrons. The van der Waals surface area contributed by atoms with Gasteiger partial charge in [-0.3, -0.25) is 0 Å². The molecule has 2 aromatic rings. The summed E-state index contributed by atoms with van der Waals surface area (Å²) in [6, 6.07) is 0.417. The largest absolute Gasteiger partial charge is 0.335 e. The number of aryl methyl sites for hydroxylation is 1. The summed E-state index contributed by atoms with van der Waals surface area (Å²) in [5, 5.41) is 3.42. The molecule has 108 valence electrons. The first-order chi connectivity index (χ1) is 9.79. The predicted molar refractivity (Wildman–Crippen MR) is 78.6 cm³/mol. The average Bonchev–Trinajstić information content (AvgIpc) is 3.05. The number of rotatable bonds is 5. The zero-order valence-electron chi connectivity index (χ0n) is 12.3. The topological polar surface area (TPSA) is 47.7 Å². The summed E-state index contributed by atoms with van der Waals surface area (Å²) in [5.74, 6) is 1.24. The molecule has 0 bridgehead atoms.